The fourth-order valence-corrected chi connectivity index (χ4v) is 3.25. The highest BCUT2D eigenvalue weighted by atomic mass is 35.5. The highest BCUT2D eigenvalue weighted by Gasteiger charge is 2.22. The van der Waals surface area contributed by atoms with Crippen LogP contribution in [0.25, 0.3) is 10.9 Å². The summed E-state index contributed by atoms with van der Waals surface area (Å²) in [6.07, 6.45) is 3.60. The Morgan fingerprint density at radius 3 is 2.74 bits per heavy atom. The van der Waals surface area contributed by atoms with Crippen molar-refractivity contribution in [3.8, 4) is 0 Å². The molecule has 1 aromatic carbocycles. The fourth-order valence-electron chi connectivity index (χ4n) is 3.07. The van der Waals surface area contributed by atoms with E-state index in [4.69, 9.17) is 16.3 Å². The second kappa shape index (κ2) is 9.83. The van der Waals surface area contributed by atoms with Gasteiger partial charge in [-0.25, -0.2) is 4.79 Å². The van der Waals surface area contributed by atoms with Crippen LogP contribution in [0.4, 0.5) is 4.79 Å². The lowest BCUT2D eigenvalue weighted by molar-refractivity contribution is 0.0232. The molecule has 8 heteroatoms. The summed E-state index contributed by atoms with van der Waals surface area (Å²) in [5.41, 5.74) is 1.64. The van der Waals surface area contributed by atoms with Gasteiger partial charge in [0.1, 0.15) is 11.3 Å². The molecule has 0 radical (unpaired) electrons. The SMILES string of the molecule is CC(C)(C)OC(=O)N(CCCNC(=O)c1cc2cc(Cl)ccc2[nH]1)Cc1cccnc1. The standard InChI is InChI=1S/C23H27ClN4O3/c1-23(2,3)31-22(30)28(15-16-6-4-9-25-14-16)11-5-10-26-21(29)20-13-17-12-18(24)7-8-19(17)27-20/h4,6-9,12-14,27H,5,10-11,15H2,1-3H3,(H,26,29). The molecule has 0 saturated heterocycles. The number of hydrogen-bond acceptors (Lipinski definition) is 4. The number of benzene rings is 1. The number of aromatic nitrogens is 2. The van der Waals surface area contributed by atoms with Crippen LogP contribution >= 0.6 is 11.6 Å². The fraction of sp³-hybridized carbons (Fsp3) is 0.348. The lowest BCUT2D eigenvalue weighted by atomic mass is 10.2. The molecule has 0 aliphatic carbocycles. The summed E-state index contributed by atoms with van der Waals surface area (Å²) >= 11 is 6.00. The van der Waals surface area contributed by atoms with E-state index < -0.39 is 11.7 Å². The summed E-state index contributed by atoms with van der Waals surface area (Å²) in [6, 6.07) is 10.9. The van der Waals surface area contributed by atoms with Gasteiger partial charge in [0.15, 0.2) is 0 Å². The molecule has 2 amide bonds. The maximum absolute atomic E-state index is 12.6. The quantitative estimate of drug-likeness (QED) is 0.516. The number of hydrogen-bond donors (Lipinski definition) is 2. The molecule has 0 fully saturated rings. The monoisotopic (exact) mass is 442 g/mol. The minimum absolute atomic E-state index is 0.205. The molecule has 0 saturated carbocycles. The van der Waals surface area contributed by atoms with E-state index in [1.807, 2.05) is 39.0 Å². The van der Waals surface area contributed by atoms with Crippen molar-refractivity contribution in [1.29, 1.82) is 0 Å². The predicted molar refractivity (Wildman–Crippen MR) is 121 cm³/mol. The number of carbonyl (C=O) groups is 2. The van der Waals surface area contributed by atoms with Crippen molar-refractivity contribution >= 4 is 34.5 Å². The summed E-state index contributed by atoms with van der Waals surface area (Å²) in [5.74, 6) is -0.205. The van der Waals surface area contributed by atoms with Gasteiger partial charge >= 0.3 is 6.09 Å². The molecule has 0 atom stereocenters. The minimum Gasteiger partial charge on any atom is -0.444 e. The van der Waals surface area contributed by atoms with Gasteiger partial charge in [0.2, 0.25) is 0 Å². The maximum Gasteiger partial charge on any atom is 0.410 e. The van der Waals surface area contributed by atoms with Crippen LogP contribution < -0.4 is 5.32 Å². The Morgan fingerprint density at radius 1 is 1.23 bits per heavy atom. The normalized spacial score (nSPS) is 11.4. The Balaban J connectivity index is 1.56. The number of H-pyrrole nitrogens is 1. The molecule has 31 heavy (non-hydrogen) atoms. The van der Waals surface area contributed by atoms with Crippen molar-refractivity contribution in [3.63, 3.8) is 0 Å². The molecule has 7 nitrogen and oxygen atoms in total. The van der Waals surface area contributed by atoms with Crippen molar-refractivity contribution in [2.45, 2.75) is 39.3 Å². The molecule has 0 unspecified atom stereocenters. The summed E-state index contributed by atoms with van der Waals surface area (Å²) in [5, 5.41) is 4.39. The summed E-state index contributed by atoms with van der Waals surface area (Å²) in [4.78, 5) is 33.9. The number of carbonyl (C=O) groups excluding carboxylic acids is 2. The average Bonchev–Trinajstić information content (AvgIpc) is 3.13. The van der Waals surface area contributed by atoms with Crippen molar-refractivity contribution in [3.05, 3.63) is 65.1 Å². The molecular weight excluding hydrogens is 416 g/mol. The van der Waals surface area contributed by atoms with Crippen LogP contribution in [0.15, 0.2) is 48.8 Å². The van der Waals surface area contributed by atoms with Crippen molar-refractivity contribution < 1.29 is 14.3 Å². The van der Waals surface area contributed by atoms with E-state index in [0.717, 1.165) is 16.5 Å². The zero-order valence-electron chi connectivity index (χ0n) is 17.9. The first-order valence-corrected chi connectivity index (χ1v) is 10.5. The zero-order chi connectivity index (χ0) is 22.4. The van der Waals surface area contributed by atoms with Crippen LogP contribution in [-0.2, 0) is 11.3 Å². The van der Waals surface area contributed by atoms with Gasteiger partial charge in [-0.15, -0.1) is 0 Å². The molecule has 2 heterocycles. The molecule has 0 bridgehead atoms. The molecule has 3 rings (SSSR count). The lowest BCUT2D eigenvalue weighted by Crippen LogP contribution is -2.38. The van der Waals surface area contributed by atoms with Crippen molar-refractivity contribution in [2.24, 2.45) is 0 Å². The van der Waals surface area contributed by atoms with Gasteiger partial charge in [-0.2, -0.15) is 0 Å². The van der Waals surface area contributed by atoms with Gasteiger partial charge in [0.05, 0.1) is 6.54 Å². The lowest BCUT2D eigenvalue weighted by Gasteiger charge is -2.27. The predicted octanol–water partition coefficient (Wildman–Crippen LogP) is 4.77. The average molecular weight is 443 g/mol. The third kappa shape index (κ3) is 6.72. The van der Waals surface area contributed by atoms with Crippen LogP contribution in [0.1, 0.15) is 43.2 Å². The third-order valence-electron chi connectivity index (χ3n) is 4.47. The first kappa shape index (κ1) is 22.6. The van der Waals surface area contributed by atoms with E-state index in [1.165, 1.54) is 0 Å². The number of pyridine rings is 1. The summed E-state index contributed by atoms with van der Waals surface area (Å²) < 4.78 is 5.53. The van der Waals surface area contributed by atoms with Crippen LogP contribution in [0.2, 0.25) is 5.02 Å². The topological polar surface area (TPSA) is 87.3 Å². The second-order valence-corrected chi connectivity index (χ2v) is 8.72. The van der Waals surface area contributed by atoms with Crippen molar-refractivity contribution in [2.75, 3.05) is 13.1 Å². The Bertz CT molecular complexity index is 1040. The van der Waals surface area contributed by atoms with Gasteiger partial charge in [-0.05, 0) is 63.1 Å². The number of nitrogens with one attached hydrogen (secondary N) is 2. The molecule has 0 aliphatic rings. The van der Waals surface area contributed by atoms with Crippen LogP contribution in [0, 0.1) is 0 Å². The number of rotatable bonds is 7. The highest BCUT2D eigenvalue weighted by molar-refractivity contribution is 6.31. The van der Waals surface area contributed by atoms with E-state index in [1.54, 1.807) is 35.5 Å². The molecule has 3 aromatic rings. The van der Waals surface area contributed by atoms with Gasteiger partial charge in [0.25, 0.3) is 5.91 Å². The van der Waals surface area contributed by atoms with Crippen LogP contribution in [0.5, 0.6) is 0 Å². The highest BCUT2D eigenvalue weighted by Crippen LogP contribution is 2.20. The van der Waals surface area contributed by atoms with E-state index in [0.29, 0.717) is 36.8 Å². The van der Waals surface area contributed by atoms with Gasteiger partial charge < -0.3 is 19.9 Å². The summed E-state index contributed by atoms with van der Waals surface area (Å²) in [7, 11) is 0. The maximum atomic E-state index is 12.6. The smallest absolute Gasteiger partial charge is 0.410 e. The van der Waals surface area contributed by atoms with Crippen LogP contribution in [-0.4, -0.2) is 45.6 Å². The number of nitrogens with zero attached hydrogens (tertiary/aromatic N) is 2. The molecule has 0 aliphatic heterocycles. The number of ether oxygens (including phenoxy) is 1. The van der Waals surface area contributed by atoms with E-state index in [9.17, 15) is 9.59 Å². The number of fused-ring (bicyclic) bond motifs is 1. The van der Waals surface area contributed by atoms with E-state index in [-0.39, 0.29) is 5.91 Å². The van der Waals surface area contributed by atoms with Gasteiger partial charge in [0, 0.05) is 41.4 Å². The third-order valence-corrected chi connectivity index (χ3v) is 4.70. The Hall–Kier alpha value is -3.06. The number of amides is 2. The zero-order valence-corrected chi connectivity index (χ0v) is 18.7. The molecule has 2 N–H and O–H groups in total. The van der Waals surface area contributed by atoms with Gasteiger partial charge in [-0.1, -0.05) is 17.7 Å². The second-order valence-electron chi connectivity index (χ2n) is 8.29. The Kier molecular flexibility index (Phi) is 7.17. The Labute approximate surface area is 186 Å². The van der Waals surface area contributed by atoms with E-state index >= 15 is 0 Å². The van der Waals surface area contributed by atoms with Crippen LogP contribution in [0.3, 0.4) is 0 Å². The van der Waals surface area contributed by atoms with Crippen molar-refractivity contribution in [1.82, 2.24) is 20.2 Å². The van der Waals surface area contributed by atoms with E-state index in [2.05, 4.69) is 15.3 Å². The van der Waals surface area contributed by atoms with Gasteiger partial charge in [-0.3, -0.25) is 9.78 Å². The number of aromatic amines is 1. The molecule has 164 valence electrons. The number of halogens is 1. The minimum atomic E-state index is -0.586. The first-order chi connectivity index (χ1) is 14.7. The first-order valence-electron chi connectivity index (χ1n) is 10.1. The Morgan fingerprint density at radius 2 is 2.03 bits per heavy atom. The molecular formula is C23H27ClN4O3. The molecule has 0 spiro atoms. The largest absolute Gasteiger partial charge is 0.444 e. The molecule has 2 aromatic heterocycles. The summed E-state index contributed by atoms with van der Waals surface area (Å²) in [6.45, 7) is 6.75.